The first-order chi connectivity index (χ1) is 9.09. The Balaban J connectivity index is 2.05. The highest BCUT2D eigenvalue weighted by molar-refractivity contribution is 5.94. The molecule has 0 atom stereocenters. The Morgan fingerprint density at radius 2 is 1.84 bits per heavy atom. The van der Waals surface area contributed by atoms with Crippen LogP contribution in [0.5, 0.6) is 0 Å². The van der Waals surface area contributed by atoms with E-state index in [1.807, 2.05) is 43.1 Å². The molecule has 1 aromatic heterocycles. The largest absolute Gasteiger partial charge is 0.363 e. The van der Waals surface area contributed by atoms with Crippen molar-refractivity contribution >= 4 is 11.7 Å². The van der Waals surface area contributed by atoms with Crippen molar-refractivity contribution in [1.29, 1.82) is 0 Å². The fraction of sp³-hybridized carbons (Fsp3) is 0.600. The van der Waals surface area contributed by atoms with Gasteiger partial charge in [0, 0.05) is 33.4 Å². The van der Waals surface area contributed by atoms with E-state index in [2.05, 4.69) is 4.98 Å². The normalized spacial score (nSPS) is 16.2. The molecule has 1 fully saturated rings. The van der Waals surface area contributed by atoms with Gasteiger partial charge in [0.2, 0.25) is 0 Å². The monoisotopic (exact) mass is 261 g/mol. The number of pyridine rings is 1. The van der Waals surface area contributed by atoms with Gasteiger partial charge in [-0.2, -0.15) is 0 Å². The lowest BCUT2D eigenvalue weighted by Gasteiger charge is -2.31. The van der Waals surface area contributed by atoms with Gasteiger partial charge in [0.15, 0.2) is 0 Å². The quantitative estimate of drug-likeness (QED) is 0.839. The topological polar surface area (TPSA) is 36.4 Å². The number of nitrogens with zero attached hydrogens (tertiary/aromatic N) is 3. The molecule has 0 N–H and O–H groups in total. The smallest absolute Gasteiger partial charge is 0.255 e. The summed E-state index contributed by atoms with van der Waals surface area (Å²) in [5.74, 6) is 0.960. The lowest BCUT2D eigenvalue weighted by Crippen LogP contribution is -2.38. The zero-order valence-electron chi connectivity index (χ0n) is 12.1. The molecule has 1 saturated carbocycles. The molecule has 2 rings (SSSR count). The summed E-state index contributed by atoms with van der Waals surface area (Å²) < 4.78 is 0. The third-order valence-corrected chi connectivity index (χ3v) is 3.90. The standard InChI is InChI=1S/C15H23N3O/c1-17(2)14-10-9-12(11-16-14)15(19)18(3)13-7-5-4-6-8-13/h9-11,13H,4-8H2,1-3H3. The zero-order chi connectivity index (χ0) is 13.8. The molecule has 0 saturated heterocycles. The summed E-state index contributed by atoms with van der Waals surface area (Å²) in [7, 11) is 5.80. The number of aromatic nitrogens is 1. The van der Waals surface area contributed by atoms with Crippen LogP contribution in [-0.4, -0.2) is 43.0 Å². The Morgan fingerprint density at radius 3 is 2.37 bits per heavy atom. The fourth-order valence-corrected chi connectivity index (χ4v) is 2.61. The van der Waals surface area contributed by atoms with Gasteiger partial charge in [-0.1, -0.05) is 19.3 Å². The summed E-state index contributed by atoms with van der Waals surface area (Å²) in [6, 6.07) is 4.15. The Morgan fingerprint density at radius 1 is 1.16 bits per heavy atom. The maximum atomic E-state index is 12.4. The van der Waals surface area contributed by atoms with Gasteiger partial charge in [0.1, 0.15) is 5.82 Å². The minimum atomic E-state index is 0.0877. The van der Waals surface area contributed by atoms with E-state index in [-0.39, 0.29) is 5.91 Å². The second-order valence-corrected chi connectivity index (χ2v) is 5.51. The van der Waals surface area contributed by atoms with E-state index in [0.717, 1.165) is 18.7 Å². The predicted octanol–water partition coefficient (Wildman–Crippen LogP) is 2.55. The summed E-state index contributed by atoms with van der Waals surface area (Å²) in [5, 5.41) is 0. The van der Waals surface area contributed by atoms with Crippen LogP contribution < -0.4 is 4.90 Å². The third kappa shape index (κ3) is 3.25. The highest BCUT2D eigenvalue weighted by Gasteiger charge is 2.23. The lowest BCUT2D eigenvalue weighted by atomic mass is 9.94. The second kappa shape index (κ2) is 6.04. The van der Waals surface area contributed by atoms with Crippen LogP contribution in [0.1, 0.15) is 42.5 Å². The van der Waals surface area contributed by atoms with Crippen molar-refractivity contribution in [1.82, 2.24) is 9.88 Å². The number of amides is 1. The van der Waals surface area contributed by atoms with Crippen molar-refractivity contribution in [3.63, 3.8) is 0 Å². The van der Waals surface area contributed by atoms with Gasteiger partial charge >= 0.3 is 0 Å². The predicted molar refractivity (Wildman–Crippen MR) is 77.5 cm³/mol. The van der Waals surface area contributed by atoms with Crippen molar-refractivity contribution < 1.29 is 4.79 Å². The number of hydrogen-bond donors (Lipinski definition) is 0. The van der Waals surface area contributed by atoms with Crippen molar-refractivity contribution in [3.05, 3.63) is 23.9 Å². The summed E-state index contributed by atoms with van der Waals surface area (Å²) >= 11 is 0. The zero-order valence-corrected chi connectivity index (χ0v) is 12.1. The van der Waals surface area contributed by atoms with Gasteiger partial charge in [-0.15, -0.1) is 0 Å². The molecular formula is C15H23N3O. The number of hydrogen-bond acceptors (Lipinski definition) is 3. The van der Waals surface area contributed by atoms with Gasteiger partial charge in [-0.05, 0) is 25.0 Å². The minimum absolute atomic E-state index is 0.0877. The minimum Gasteiger partial charge on any atom is -0.363 e. The molecule has 1 aliphatic rings. The Labute approximate surface area is 115 Å². The molecule has 4 heteroatoms. The van der Waals surface area contributed by atoms with Crippen LogP contribution >= 0.6 is 0 Å². The van der Waals surface area contributed by atoms with Crippen LogP contribution in [0.4, 0.5) is 5.82 Å². The maximum absolute atomic E-state index is 12.4. The fourth-order valence-electron chi connectivity index (χ4n) is 2.61. The first-order valence-corrected chi connectivity index (χ1v) is 7.00. The molecule has 1 amide bonds. The van der Waals surface area contributed by atoms with Gasteiger partial charge in [-0.25, -0.2) is 4.98 Å². The molecule has 0 unspecified atom stereocenters. The van der Waals surface area contributed by atoms with Crippen LogP contribution in [0, 0.1) is 0 Å². The molecule has 19 heavy (non-hydrogen) atoms. The molecule has 1 aromatic rings. The van der Waals surface area contributed by atoms with E-state index in [4.69, 9.17) is 0 Å². The van der Waals surface area contributed by atoms with Crippen LogP contribution in [0.25, 0.3) is 0 Å². The summed E-state index contributed by atoms with van der Waals surface area (Å²) in [6.07, 6.45) is 7.71. The molecule has 104 valence electrons. The van der Waals surface area contributed by atoms with E-state index in [9.17, 15) is 4.79 Å². The van der Waals surface area contributed by atoms with Crippen molar-refractivity contribution in [2.45, 2.75) is 38.1 Å². The van der Waals surface area contributed by atoms with Crippen molar-refractivity contribution in [2.24, 2.45) is 0 Å². The molecule has 1 aliphatic carbocycles. The van der Waals surface area contributed by atoms with E-state index in [1.165, 1.54) is 19.3 Å². The van der Waals surface area contributed by atoms with Gasteiger partial charge in [-0.3, -0.25) is 4.79 Å². The number of rotatable bonds is 3. The summed E-state index contributed by atoms with van der Waals surface area (Å²) in [4.78, 5) is 20.5. The second-order valence-electron chi connectivity index (χ2n) is 5.51. The van der Waals surface area contributed by atoms with Gasteiger partial charge in [0.25, 0.3) is 5.91 Å². The lowest BCUT2D eigenvalue weighted by molar-refractivity contribution is 0.0696. The molecule has 0 spiro atoms. The Kier molecular flexibility index (Phi) is 4.40. The first kappa shape index (κ1) is 13.8. The summed E-state index contributed by atoms with van der Waals surface area (Å²) in [6.45, 7) is 0. The van der Waals surface area contributed by atoms with Crippen LogP contribution in [0.3, 0.4) is 0 Å². The van der Waals surface area contributed by atoms with Crippen LogP contribution in [0.2, 0.25) is 0 Å². The van der Waals surface area contributed by atoms with Crippen molar-refractivity contribution in [2.75, 3.05) is 26.0 Å². The van der Waals surface area contributed by atoms with Crippen LogP contribution in [-0.2, 0) is 0 Å². The average Bonchev–Trinajstić information content (AvgIpc) is 2.46. The Hall–Kier alpha value is -1.58. The number of carbonyl (C=O) groups excluding carboxylic acids is 1. The van der Waals surface area contributed by atoms with E-state index in [0.29, 0.717) is 11.6 Å². The highest BCUT2D eigenvalue weighted by atomic mass is 16.2. The molecule has 0 bridgehead atoms. The van der Waals surface area contributed by atoms with E-state index in [1.54, 1.807) is 6.20 Å². The van der Waals surface area contributed by atoms with Gasteiger partial charge < -0.3 is 9.80 Å². The Bertz CT molecular complexity index is 422. The van der Waals surface area contributed by atoms with E-state index < -0.39 is 0 Å². The number of carbonyl (C=O) groups is 1. The molecule has 0 aromatic carbocycles. The molecule has 1 heterocycles. The van der Waals surface area contributed by atoms with E-state index >= 15 is 0 Å². The average molecular weight is 261 g/mol. The van der Waals surface area contributed by atoms with Crippen molar-refractivity contribution in [3.8, 4) is 0 Å². The number of anilines is 1. The SMILES string of the molecule is CN(C)c1ccc(C(=O)N(C)C2CCCCC2)cn1. The maximum Gasteiger partial charge on any atom is 0.255 e. The highest BCUT2D eigenvalue weighted by Crippen LogP contribution is 2.23. The van der Waals surface area contributed by atoms with Crippen LogP contribution in [0.15, 0.2) is 18.3 Å². The molecule has 4 nitrogen and oxygen atoms in total. The molecule has 0 radical (unpaired) electrons. The summed E-state index contributed by atoms with van der Waals surface area (Å²) in [5.41, 5.74) is 0.679. The first-order valence-electron chi connectivity index (χ1n) is 7.00. The third-order valence-electron chi connectivity index (χ3n) is 3.90. The van der Waals surface area contributed by atoms with Gasteiger partial charge in [0.05, 0.1) is 5.56 Å². The molecular weight excluding hydrogens is 238 g/mol. The molecule has 0 aliphatic heterocycles.